The average molecular weight is 298 g/mol. The quantitative estimate of drug-likeness (QED) is 0.641. The van der Waals surface area contributed by atoms with Gasteiger partial charge in [0.2, 0.25) is 0 Å². The summed E-state index contributed by atoms with van der Waals surface area (Å²) < 4.78 is 5.23. The standard InChI is InChI=1S/C18H22N2O2/c1-4-9-22-18(21)15-11-14(19)6-8-17(15)20-16-7-5-12(2)10-13(16)3/h5-8,10-11,20H,4,9,19H2,1-3H3. The molecule has 0 aliphatic rings. The Bertz CT molecular complexity index is 681. The van der Waals surface area contributed by atoms with Crippen LogP contribution in [0.1, 0.15) is 34.8 Å². The minimum atomic E-state index is -0.360. The van der Waals surface area contributed by atoms with E-state index in [0.717, 1.165) is 17.7 Å². The van der Waals surface area contributed by atoms with Crippen molar-refractivity contribution in [3.8, 4) is 0 Å². The maximum Gasteiger partial charge on any atom is 0.340 e. The first-order valence-corrected chi connectivity index (χ1v) is 7.42. The molecule has 0 unspecified atom stereocenters. The molecule has 4 nitrogen and oxygen atoms in total. The number of aryl methyl sites for hydroxylation is 2. The molecule has 0 saturated heterocycles. The Morgan fingerprint density at radius 2 is 1.86 bits per heavy atom. The Balaban J connectivity index is 2.32. The number of nitrogens with two attached hydrogens (primary N) is 1. The number of hydrogen-bond donors (Lipinski definition) is 2. The Morgan fingerprint density at radius 3 is 2.55 bits per heavy atom. The van der Waals surface area contributed by atoms with Gasteiger partial charge in [0, 0.05) is 11.4 Å². The van der Waals surface area contributed by atoms with Gasteiger partial charge in [0.05, 0.1) is 17.9 Å². The summed E-state index contributed by atoms with van der Waals surface area (Å²) in [5.41, 5.74) is 10.8. The highest BCUT2D eigenvalue weighted by molar-refractivity contribution is 5.97. The van der Waals surface area contributed by atoms with Gasteiger partial charge in [0.1, 0.15) is 0 Å². The lowest BCUT2D eigenvalue weighted by atomic mass is 10.1. The van der Waals surface area contributed by atoms with Gasteiger partial charge >= 0.3 is 5.97 Å². The molecule has 0 amide bonds. The molecule has 0 radical (unpaired) electrons. The fraction of sp³-hybridized carbons (Fsp3) is 0.278. The third kappa shape index (κ3) is 3.79. The van der Waals surface area contributed by atoms with Gasteiger partial charge in [0.15, 0.2) is 0 Å². The molecule has 4 heteroatoms. The summed E-state index contributed by atoms with van der Waals surface area (Å²) in [6.07, 6.45) is 0.786. The van der Waals surface area contributed by atoms with Gasteiger partial charge in [-0.15, -0.1) is 0 Å². The van der Waals surface area contributed by atoms with Crippen molar-refractivity contribution in [1.82, 2.24) is 0 Å². The van der Waals surface area contributed by atoms with Crippen LogP contribution in [0.15, 0.2) is 36.4 Å². The molecule has 116 valence electrons. The van der Waals surface area contributed by atoms with Gasteiger partial charge in [-0.3, -0.25) is 0 Å². The summed E-state index contributed by atoms with van der Waals surface area (Å²) in [4.78, 5) is 12.2. The lowest BCUT2D eigenvalue weighted by molar-refractivity contribution is 0.0506. The SMILES string of the molecule is CCCOC(=O)c1cc(N)ccc1Nc1ccc(C)cc1C. The highest BCUT2D eigenvalue weighted by Gasteiger charge is 2.14. The smallest absolute Gasteiger partial charge is 0.340 e. The number of rotatable bonds is 5. The highest BCUT2D eigenvalue weighted by atomic mass is 16.5. The van der Waals surface area contributed by atoms with Crippen LogP contribution in [0.25, 0.3) is 0 Å². The molecule has 0 aliphatic heterocycles. The number of benzene rings is 2. The molecule has 0 bridgehead atoms. The molecule has 0 aromatic heterocycles. The summed E-state index contributed by atoms with van der Waals surface area (Å²) in [6.45, 7) is 6.44. The monoisotopic (exact) mass is 298 g/mol. The van der Waals surface area contributed by atoms with Crippen LogP contribution in [0.5, 0.6) is 0 Å². The van der Waals surface area contributed by atoms with Crippen molar-refractivity contribution >= 4 is 23.0 Å². The second kappa shape index (κ2) is 6.98. The molecule has 3 N–H and O–H groups in total. The highest BCUT2D eigenvalue weighted by Crippen LogP contribution is 2.26. The van der Waals surface area contributed by atoms with Crippen molar-refractivity contribution < 1.29 is 9.53 Å². The van der Waals surface area contributed by atoms with Crippen molar-refractivity contribution in [3.05, 3.63) is 53.1 Å². The number of carbonyl (C=O) groups is 1. The van der Waals surface area contributed by atoms with Crippen LogP contribution in [-0.2, 0) is 4.74 Å². The summed E-state index contributed by atoms with van der Waals surface area (Å²) in [6, 6.07) is 11.3. The van der Waals surface area contributed by atoms with Crippen LogP contribution < -0.4 is 11.1 Å². The summed E-state index contributed by atoms with van der Waals surface area (Å²) in [5, 5.41) is 3.30. The lowest BCUT2D eigenvalue weighted by Crippen LogP contribution is -2.10. The first-order valence-electron chi connectivity index (χ1n) is 7.42. The molecular weight excluding hydrogens is 276 g/mol. The van der Waals surface area contributed by atoms with Gasteiger partial charge < -0.3 is 15.8 Å². The fourth-order valence-corrected chi connectivity index (χ4v) is 2.21. The first-order chi connectivity index (χ1) is 10.5. The Labute approximate surface area is 131 Å². The molecule has 0 aliphatic carbocycles. The van der Waals surface area contributed by atoms with Crippen LogP contribution >= 0.6 is 0 Å². The normalized spacial score (nSPS) is 10.3. The fourth-order valence-electron chi connectivity index (χ4n) is 2.21. The molecule has 0 atom stereocenters. The molecule has 2 rings (SSSR count). The maximum atomic E-state index is 12.2. The number of nitrogen functional groups attached to an aromatic ring is 1. The number of esters is 1. The Hall–Kier alpha value is -2.49. The van der Waals surface area contributed by atoms with E-state index in [9.17, 15) is 4.79 Å². The van der Waals surface area contributed by atoms with Crippen LogP contribution in [0.3, 0.4) is 0 Å². The molecule has 0 saturated carbocycles. The number of nitrogens with one attached hydrogen (secondary N) is 1. The van der Waals surface area contributed by atoms with Crippen LogP contribution in [0.4, 0.5) is 17.1 Å². The second-order valence-corrected chi connectivity index (χ2v) is 5.38. The third-order valence-corrected chi connectivity index (χ3v) is 3.35. The number of anilines is 3. The first kappa shape index (κ1) is 15.9. The van der Waals surface area contributed by atoms with E-state index in [-0.39, 0.29) is 5.97 Å². The van der Waals surface area contributed by atoms with Gasteiger partial charge in [0.25, 0.3) is 0 Å². The number of carbonyl (C=O) groups excluding carboxylic acids is 1. The molecule has 2 aromatic carbocycles. The molecule has 22 heavy (non-hydrogen) atoms. The molecular formula is C18H22N2O2. The summed E-state index contributed by atoms with van der Waals surface area (Å²) in [5.74, 6) is -0.360. The minimum Gasteiger partial charge on any atom is -0.462 e. The van der Waals surface area contributed by atoms with Crippen molar-refractivity contribution in [1.29, 1.82) is 0 Å². The van der Waals surface area contributed by atoms with Crippen LogP contribution in [-0.4, -0.2) is 12.6 Å². The van der Waals surface area contributed by atoms with E-state index < -0.39 is 0 Å². The zero-order valence-electron chi connectivity index (χ0n) is 13.3. The number of ether oxygens (including phenoxy) is 1. The second-order valence-electron chi connectivity index (χ2n) is 5.38. The summed E-state index contributed by atoms with van der Waals surface area (Å²) in [7, 11) is 0. The average Bonchev–Trinajstić information content (AvgIpc) is 2.49. The van der Waals surface area contributed by atoms with E-state index in [1.54, 1.807) is 18.2 Å². The summed E-state index contributed by atoms with van der Waals surface area (Å²) >= 11 is 0. The van der Waals surface area contributed by atoms with Gasteiger partial charge in [-0.25, -0.2) is 4.79 Å². The molecule has 0 fully saturated rings. The zero-order valence-corrected chi connectivity index (χ0v) is 13.3. The zero-order chi connectivity index (χ0) is 16.1. The van der Waals surface area contributed by atoms with E-state index in [0.29, 0.717) is 23.5 Å². The topological polar surface area (TPSA) is 64.3 Å². The number of hydrogen-bond acceptors (Lipinski definition) is 4. The van der Waals surface area contributed by atoms with E-state index in [2.05, 4.69) is 11.4 Å². The minimum absolute atomic E-state index is 0.360. The molecule has 0 heterocycles. The van der Waals surface area contributed by atoms with E-state index in [4.69, 9.17) is 10.5 Å². The lowest BCUT2D eigenvalue weighted by Gasteiger charge is -2.14. The Morgan fingerprint density at radius 1 is 1.14 bits per heavy atom. The van der Waals surface area contributed by atoms with E-state index in [1.165, 1.54) is 5.56 Å². The van der Waals surface area contributed by atoms with Crippen molar-refractivity contribution in [2.24, 2.45) is 0 Å². The Kier molecular flexibility index (Phi) is 5.04. The van der Waals surface area contributed by atoms with Crippen molar-refractivity contribution in [3.63, 3.8) is 0 Å². The van der Waals surface area contributed by atoms with E-state index >= 15 is 0 Å². The molecule has 0 spiro atoms. The van der Waals surface area contributed by atoms with Gasteiger partial charge in [-0.1, -0.05) is 24.6 Å². The largest absolute Gasteiger partial charge is 0.462 e. The van der Waals surface area contributed by atoms with Crippen molar-refractivity contribution in [2.45, 2.75) is 27.2 Å². The maximum absolute atomic E-state index is 12.2. The predicted molar refractivity (Wildman–Crippen MR) is 90.6 cm³/mol. The van der Waals surface area contributed by atoms with Crippen LogP contribution in [0, 0.1) is 13.8 Å². The van der Waals surface area contributed by atoms with Gasteiger partial charge in [-0.05, 0) is 50.1 Å². The van der Waals surface area contributed by atoms with Crippen LogP contribution in [0.2, 0.25) is 0 Å². The van der Waals surface area contributed by atoms with E-state index in [1.807, 2.05) is 32.9 Å². The predicted octanol–water partition coefficient (Wildman–Crippen LogP) is 4.20. The molecule has 2 aromatic rings. The van der Waals surface area contributed by atoms with Crippen molar-refractivity contribution in [2.75, 3.05) is 17.7 Å². The van der Waals surface area contributed by atoms with Gasteiger partial charge in [-0.2, -0.15) is 0 Å². The third-order valence-electron chi connectivity index (χ3n) is 3.35.